The summed E-state index contributed by atoms with van der Waals surface area (Å²) in [6.07, 6.45) is 0. The molecular weight excluding hydrogens is 166 g/mol. The number of hydrogen-bond acceptors (Lipinski definition) is 3. The van der Waals surface area contributed by atoms with Gasteiger partial charge in [-0.3, -0.25) is 0 Å². The predicted octanol–water partition coefficient (Wildman–Crippen LogP) is 2.01. The summed E-state index contributed by atoms with van der Waals surface area (Å²) in [6.45, 7) is 0. The second kappa shape index (κ2) is 3.25. The highest BCUT2D eigenvalue weighted by molar-refractivity contribution is 6.61. The number of halogens is 1. The molecule has 0 amide bonds. The minimum absolute atomic E-state index is 0.352. The van der Waals surface area contributed by atoms with Crippen molar-refractivity contribution in [2.24, 2.45) is 0 Å². The number of ether oxygens (including phenoxy) is 1. The summed E-state index contributed by atoms with van der Waals surface area (Å²) in [4.78, 5) is 10.2. The van der Waals surface area contributed by atoms with Crippen molar-refractivity contribution < 1.29 is 9.53 Å². The molecule has 0 heterocycles. The predicted molar refractivity (Wildman–Crippen MR) is 42.7 cm³/mol. The third-order valence-corrected chi connectivity index (χ3v) is 1.13. The van der Waals surface area contributed by atoms with E-state index in [0.717, 1.165) is 0 Å². The van der Waals surface area contributed by atoms with E-state index in [0.29, 0.717) is 11.4 Å². The van der Waals surface area contributed by atoms with Gasteiger partial charge < -0.3 is 10.5 Å². The van der Waals surface area contributed by atoms with E-state index >= 15 is 0 Å². The van der Waals surface area contributed by atoms with Crippen LogP contribution in [0, 0.1) is 0 Å². The van der Waals surface area contributed by atoms with Gasteiger partial charge >= 0.3 is 5.43 Å². The fourth-order valence-corrected chi connectivity index (χ4v) is 0.760. The largest absolute Gasteiger partial charge is 0.414 e. The lowest BCUT2D eigenvalue weighted by Gasteiger charge is -1.98. The van der Waals surface area contributed by atoms with Crippen LogP contribution in [0.3, 0.4) is 0 Å². The Kier molecular flexibility index (Phi) is 2.33. The summed E-state index contributed by atoms with van der Waals surface area (Å²) in [5.74, 6) is 0.352. The van der Waals surface area contributed by atoms with E-state index in [4.69, 9.17) is 17.3 Å². The van der Waals surface area contributed by atoms with Crippen LogP contribution in [0.2, 0.25) is 0 Å². The first-order chi connectivity index (χ1) is 5.18. The molecule has 0 atom stereocenters. The van der Waals surface area contributed by atoms with Crippen molar-refractivity contribution in [1.29, 1.82) is 0 Å². The number of carbonyl (C=O) groups excluding carboxylic acids is 1. The number of rotatable bonds is 1. The lowest BCUT2D eigenvalue weighted by molar-refractivity contribution is 0.225. The molecule has 0 saturated carbocycles. The molecule has 58 valence electrons. The second-order valence-corrected chi connectivity index (χ2v) is 2.22. The number of anilines is 1. The van der Waals surface area contributed by atoms with Crippen molar-refractivity contribution in [2.75, 3.05) is 5.73 Å². The zero-order valence-corrected chi connectivity index (χ0v) is 6.34. The highest BCUT2D eigenvalue weighted by Crippen LogP contribution is 2.14. The van der Waals surface area contributed by atoms with E-state index in [9.17, 15) is 4.79 Å². The Morgan fingerprint density at radius 1 is 1.55 bits per heavy atom. The maximum absolute atomic E-state index is 10.2. The van der Waals surface area contributed by atoms with Crippen LogP contribution >= 0.6 is 11.6 Å². The van der Waals surface area contributed by atoms with Crippen LogP contribution in [0.4, 0.5) is 10.5 Å². The van der Waals surface area contributed by atoms with Crippen molar-refractivity contribution in [2.45, 2.75) is 0 Å². The number of nitrogens with two attached hydrogens (primary N) is 1. The maximum atomic E-state index is 10.2. The van der Waals surface area contributed by atoms with Crippen LogP contribution in [-0.2, 0) is 0 Å². The Labute approximate surface area is 68.7 Å². The van der Waals surface area contributed by atoms with Crippen molar-refractivity contribution in [3.05, 3.63) is 24.3 Å². The van der Waals surface area contributed by atoms with Gasteiger partial charge in [0.15, 0.2) is 0 Å². The summed E-state index contributed by atoms with van der Waals surface area (Å²) in [5.41, 5.74) is 5.06. The van der Waals surface area contributed by atoms with Gasteiger partial charge in [-0.2, -0.15) is 0 Å². The lowest BCUT2D eigenvalue weighted by Crippen LogP contribution is -1.96. The van der Waals surface area contributed by atoms with Gasteiger partial charge in [-0.05, 0) is 12.1 Å². The van der Waals surface area contributed by atoms with Crippen LogP contribution in [0.25, 0.3) is 0 Å². The first-order valence-corrected chi connectivity index (χ1v) is 3.29. The molecule has 3 nitrogen and oxygen atoms in total. The number of nitrogen functional groups attached to an aromatic ring is 1. The summed E-state index contributed by atoms with van der Waals surface area (Å²) < 4.78 is 4.54. The molecule has 1 rings (SSSR count). The molecule has 4 heteroatoms. The molecule has 1 aromatic carbocycles. The minimum atomic E-state index is -0.865. The molecule has 11 heavy (non-hydrogen) atoms. The van der Waals surface area contributed by atoms with Gasteiger partial charge in [0.1, 0.15) is 5.75 Å². The first kappa shape index (κ1) is 7.88. The molecule has 0 saturated heterocycles. The summed E-state index contributed by atoms with van der Waals surface area (Å²) in [5, 5.41) is 0. The van der Waals surface area contributed by atoms with E-state index in [2.05, 4.69) is 4.74 Å². The molecule has 0 aliphatic heterocycles. The molecule has 2 N–H and O–H groups in total. The summed E-state index contributed by atoms with van der Waals surface area (Å²) in [7, 11) is 0. The van der Waals surface area contributed by atoms with Gasteiger partial charge in [0, 0.05) is 23.4 Å². The van der Waals surface area contributed by atoms with E-state index in [1.165, 1.54) is 6.07 Å². The molecule has 0 radical (unpaired) electrons. The van der Waals surface area contributed by atoms with E-state index in [1.54, 1.807) is 18.2 Å². The smallest absolute Gasteiger partial charge is 0.409 e. The van der Waals surface area contributed by atoms with Gasteiger partial charge in [0.2, 0.25) is 0 Å². The van der Waals surface area contributed by atoms with Crippen LogP contribution in [0.5, 0.6) is 5.75 Å². The lowest BCUT2D eigenvalue weighted by atomic mass is 10.3. The van der Waals surface area contributed by atoms with Crippen LogP contribution in [0.1, 0.15) is 0 Å². The van der Waals surface area contributed by atoms with Gasteiger partial charge in [0.25, 0.3) is 0 Å². The van der Waals surface area contributed by atoms with Gasteiger partial charge in [-0.15, -0.1) is 0 Å². The highest BCUT2D eigenvalue weighted by Gasteiger charge is 1.98. The maximum Gasteiger partial charge on any atom is 0.409 e. The average molecular weight is 172 g/mol. The summed E-state index contributed by atoms with van der Waals surface area (Å²) in [6, 6.07) is 6.47. The van der Waals surface area contributed by atoms with E-state index in [-0.39, 0.29) is 0 Å². The van der Waals surface area contributed by atoms with Crippen molar-refractivity contribution in [3.8, 4) is 5.75 Å². The molecule has 0 aliphatic carbocycles. The minimum Gasteiger partial charge on any atom is -0.414 e. The number of carbonyl (C=O) groups is 1. The number of benzene rings is 1. The topological polar surface area (TPSA) is 52.3 Å². The third kappa shape index (κ3) is 2.47. The van der Waals surface area contributed by atoms with Crippen LogP contribution in [-0.4, -0.2) is 5.43 Å². The Bertz CT molecular complexity index is 275. The SMILES string of the molecule is Nc1cccc(OC(=O)Cl)c1. The third-order valence-electron chi connectivity index (χ3n) is 1.06. The fourth-order valence-electron chi connectivity index (χ4n) is 0.671. The van der Waals surface area contributed by atoms with Crippen LogP contribution < -0.4 is 10.5 Å². The monoisotopic (exact) mass is 171 g/mol. The Morgan fingerprint density at radius 2 is 2.27 bits per heavy atom. The van der Waals surface area contributed by atoms with E-state index < -0.39 is 5.43 Å². The van der Waals surface area contributed by atoms with Crippen LogP contribution in [0.15, 0.2) is 24.3 Å². The molecule has 0 unspecified atom stereocenters. The molecule has 0 spiro atoms. The average Bonchev–Trinajstić information content (AvgIpc) is 1.85. The zero-order valence-electron chi connectivity index (χ0n) is 5.58. The molecule has 0 aromatic heterocycles. The Hall–Kier alpha value is -1.22. The van der Waals surface area contributed by atoms with E-state index in [1.807, 2.05) is 0 Å². The van der Waals surface area contributed by atoms with Crippen molar-refractivity contribution >= 4 is 22.7 Å². The molecule has 1 aromatic rings. The van der Waals surface area contributed by atoms with Gasteiger partial charge in [-0.25, -0.2) is 4.79 Å². The Morgan fingerprint density at radius 3 is 2.82 bits per heavy atom. The molecule has 0 bridgehead atoms. The zero-order chi connectivity index (χ0) is 8.27. The quantitative estimate of drug-likeness (QED) is 0.520. The number of hydrogen-bond donors (Lipinski definition) is 1. The van der Waals surface area contributed by atoms with Gasteiger partial charge in [0.05, 0.1) is 0 Å². The molecule has 0 fully saturated rings. The summed E-state index contributed by atoms with van der Waals surface area (Å²) >= 11 is 4.96. The highest BCUT2D eigenvalue weighted by atomic mass is 35.5. The fraction of sp³-hybridized carbons (Fsp3) is 0. The normalized spacial score (nSPS) is 9.18. The molecule has 0 aliphatic rings. The second-order valence-electron chi connectivity index (χ2n) is 1.91. The van der Waals surface area contributed by atoms with Crippen molar-refractivity contribution in [1.82, 2.24) is 0 Å². The Balaban J connectivity index is 2.79. The standard InChI is InChI=1S/C7H6ClNO2/c8-7(10)11-6-3-1-2-5(9)4-6/h1-4H,9H2. The first-order valence-electron chi connectivity index (χ1n) is 2.91. The van der Waals surface area contributed by atoms with Gasteiger partial charge in [-0.1, -0.05) is 6.07 Å². The molecular formula is C7H6ClNO2. The van der Waals surface area contributed by atoms with Crippen molar-refractivity contribution in [3.63, 3.8) is 0 Å².